The summed E-state index contributed by atoms with van der Waals surface area (Å²) >= 11 is 7.49. The molecule has 0 saturated carbocycles. The van der Waals surface area contributed by atoms with Crippen LogP contribution in [0, 0.1) is 0 Å². The van der Waals surface area contributed by atoms with Crippen molar-refractivity contribution in [2.45, 2.75) is 6.42 Å². The quantitative estimate of drug-likeness (QED) is 0.631. The summed E-state index contributed by atoms with van der Waals surface area (Å²) in [5.74, 6) is -0.148. The molecular formula is C16H16ClNO2S. The standard InChI is InChI=1S/C16H16ClNO2S/c17-13-4-2-12(3-5-13)15-8-6-14(21-15)7-9-16(20)18-10-1-11-19/h2-9,19H,1,10-11H2,(H,18,20)/b9-7+. The van der Waals surface area contributed by atoms with E-state index in [1.807, 2.05) is 36.4 Å². The lowest BCUT2D eigenvalue weighted by atomic mass is 10.2. The molecule has 110 valence electrons. The van der Waals surface area contributed by atoms with E-state index in [-0.39, 0.29) is 12.5 Å². The van der Waals surface area contributed by atoms with Gasteiger partial charge in [-0.25, -0.2) is 0 Å². The third kappa shape index (κ3) is 5.01. The van der Waals surface area contributed by atoms with E-state index in [0.29, 0.717) is 13.0 Å². The van der Waals surface area contributed by atoms with Crippen LogP contribution in [0.4, 0.5) is 0 Å². The Bertz CT molecular complexity index is 619. The molecule has 1 aromatic heterocycles. The van der Waals surface area contributed by atoms with Gasteiger partial charge < -0.3 is 10.4 Å². The normalized spacial score (nSPS) is 11.0. The smallest absolute Gasteiger partial charge is 0.244 e. The summed E-state index contributed by atoms with van der Waals surface area (Å²) in [5, 5.41) is 12.1. The van der Waals surface area contributed by atoms with Crippen LogP contribution in [0.5, 0.6) is 0 Å². The number of aliphatic hydroxyl groups is 1. The van der Waals surface area contributed by atoms with Gasteiger partial charge in [-0.1, -0.05) is 23.7 Å². The van der Waals surface area contributed by atoms with Crippen LogP contribution in [-0.2, 0) is 4.79 Å². The van der Waals surface area contributed by atoms with Gasteiger partial charge in [-0.2, -0.15) is 0 Å². The van der Waals surface area contributed by atoms with E-state index in [1.165, 1.54) is 6.08 Å². The summed E-state index contributed by atoms with van der Waals surface area (Å²) in [4.78, 5) is 13.7. The molecule has 0 saturated heterocycles. The molecule has 2 rings (SSSR count). The van der Waals surface area contributed by atoms with Gasteiger partial charge in [-0.3, -0.25) is 4.79 Å². The van der Waals surface area contributed by atoms with Crippen LogP contribution in [0.2, 0.25) is 5.02 Å². The number of halogens is 1. The van der Waals surface area contributed by atoms with E-state index in [4.69, 9.17) is 16.7 Å². The zero-order valence-corrected chi connectivity index (χ0v) is 13.0. The van der Waals surface area contributed by atoms with Gasteiger partial charge in [0.25, 0.3) is 0 Å². The largest absolute Gasteiger partial charge is 0.396 e. The predicted octanol–water partition coefficient (Wildman–Crippen LogP) is 3.58. The molecule has 2 aromatic rings. The maximum atomic E-state index is 11.5. The third-order valence-electron chi connectivity index (χ3n) is 2.79. The van der Waals surface area contributed by atoms with E-state index in [0.717, 1.165) is 20.3 Å². The highest BCUT2D eigenvalue weighted by atomic mass is 35.5. The topological polar surface area (TPSA) is 49.3 Å². The van der Waals surface area contributed by atoms with Crippen molar-refractivity contribution < 1.29 is 9.90 Å². The van der Waals surface area contributed by atoms with Crippen LogP contribution in [0.1, 0.15) is 11.3 Å². The second-order valence-corrected chi connectivity index (χ2v) is 5.96. The molecule has 3 nitrogen and oxygen atoms in total. The molecule has 0 radical (unpaired) electrons. The van der Waals surface area contributed by atoms with Crippen molar-refractivity contribution in [2.75, 3.05) is 13.2 Å². The van der Waals surface area contributed by atoms with E-state index in [9.17, 15) is 4.79 Å². The van der Waals surface area contributed by atoms with Gasteiger partial charge in [0.2, 0.25) is 5.91 Å². The first-order chi connectivity index (χ1) is 10.2. The summed E-state index contributed by atoms with van der Waals surface area (Å²) in [6.45, 7) is 0.569. The molecule has 0 spiro atoms. The number of carbonyl (C=O) groups excluding carboxylic acids is 1. The minimum atomic E-state index is -0.148. The van der Waals surface area contributed by atoms with Crippen LogP contribution >= 0.6 is 22.9 Å². The number of thiophene rings is 1. The fourth-order valence-corrected chi connectivity index (χ4v) is 2.76. The first kappa shape index (κ1) is 15.8. The van der Waals surface area contributed by atoms with Crippen molar-refractivity contribution in [3.8, 4) is 10.4 Å². The Morgan fingerprint density at radius 2 is 2.00 bits per heavy atom. The lowest BCUT2D eigenvalue weighted by Crippen LogP contribution is -2.22. The highest BCUT2D eigenvalue weighted by Gasteiger charge is 2.02. The Morgan fingerprint density at radius 3 is 2.71 bits per heavy atom. The second kappa shape index (κ2) is 7.98. The zero-order chi connectivity index (χ0) is 15.1. The average Bonchev–Trinajstić information content (AvgIpc) is 2.95. The highest BCUT2D eigenvalue weighted by molar-refractivity contribution is 7.16. The van der Waals surface area contributed by atoms with E-state index >= 15 is 0 Å². The van der Waals surface area contributed by atoms with Crippen molar-refractivity contribution in [1.82, 2.24) is 5.32 Å². The Labute approximate surface area is 132 Å². The molecule has 0 unspecified atom stereocenters. The number of nitrogens with one attached hydrogen (secondary N) is 1. The fraction of sp³-hybridized carbons (Fsp3) is 0.188. The van der Waals surface area contributed by atoms with Gasteiger partial charge in [-0.15, -0.1) is 11.3 Å². The molecule has 0 bridgehead atoms. The molecule has 1 amide bonds. The molecule has 0 aliphatic rings. The second-order valence-electron chi connectivity index (χ2n) is 4.41. The van der Waals surface area contributed by atoms with Gasteiger partial charge in [0.1, 0.15) is 0 Å². The molecule has 0 aliphatic heterocycles. The summed E-state index contributed by atoms with van der Waals surface area (Å²) in [7, 11) is 0. The molecule has 21 heavy (non-hydrogen) atoms. The first-order valence-electron chi connectivity index (χ1n) is 6.61. The van der Waals surface area contributed by atoms with Crippen molar-refractivity contribution in [2.24, 2.45) is 0 Å². The van der Waals surface area contributed by atoms with Crippen molar-refractivity contribution in [3.63, 3.8) is 0 Å². The summed E-state index contributed by atoms with van der Waals surface area (Å²) in [5.41, 5.74) is 1.11. The van der Waals surface area contributed by atoms with Gasteiger partial charge in [0, 0.05) is 34.0 Å². The minimum Gasteiger partial charge on any atom is -0.396 e. The Kier molecular flexibility index (Phi) is 5.99. The number of hydrogen-bond donors (Lipinski definition) is 2. The number of rotatable bonds is 6. The molecule has 0 atom stereocenters. The number of hydrogen-bond acceptors (Lipinski definition) is 3. The van der Waals surface area contributed by atoms with Crippen LogP contribution < -0.4 is 5.32 Å². The lowest BCUT2D eigenvalue weighted by Gasteiger charge is -1.98. The average molecular weight is 322 g/mol. The van der Waals surface area contributed by atoms with Gasteiger partial charge in [0.05, 0.1) is 0 Å². The first-order valence-corrected chi connectivity index (χ1v) is 7.81. The van der Waals surface area contributed by atoms with Crippen LogP contribution in [0.25, 0.3) is 16.5 Å². The van der Waals surface area contributed by atoms with E-state index < -0.39 is 0 Å². The maximum Gasteiger partial charge on any atom is 0.244 e. The van der Waals surface area contributed by atoms with Gasteiger partial charge >= 0.3 is 0 Å². The number of benzene rings is 1. The molecule has 1 aromatic carbocycles. The van der Waals surface area contributed by atoms with E-state index in [1.54, 1.807) is 17.4 Å². The fourth-order valence-electron chi connectivity index (χ4n) is 1.72. The zero-order valence-electron chi connectivity index (χ0n) is 11.4. The summed E-state index contributed by atoms with van der Waals surface area (Å²) < 4.78 is 0. The highest BCUT2D eigenvalue weighted by Crippen LogP contribution is 2.29. The predicted molar refractivity (Wildman–Crippen MR) is 88.5 cm³/mol. The van der Waals surface area contributed by atoms with Gasteiger partial charge in [-0.05, 0) is 42.3 Å². The van der Waals surface area contributed by atoms with Crippen molar-refractivity contribution in [3.05, 3.63) is 52.4 Å². The van der Waals surface area contributed by atoms with Crippen LogP contribution in [0.3, 0.4) is 0 Å². The van der Waals surface area contributed by atoms with E-state index in [2.05, 4.69) is 5.32 Å². The summed E-state index contributed by atoms with van der Waals surface area (Å²) in [6.07, 6.45) is 3.87. The maximum absolute atomic E-state index is 11.5. The Balaban J connectivity index is 1.96. The summed E-state index contributed by atoms with van der Waals surface area (Å²) in [6, 6.07) is 11.7. The number of carbonyl (C=O) groups is 1. The van der Waals surface area contributed by atoms with Gasteiger partial charge in [0.15, 0.2) is 0 Å². The molecule has 2 N–H and O–H groups in total. The number of aliphatic hydroxyl groups excluding tert-OH is 1. The SMILES string of the molecule is O=C(/C=C/c1ccc(-c2ccc(Cl)cc2)s1)NCCCO. The molecular weight excluding hydrogens is 306 g/mol. The molecule has 0 aliphatic carbocycles. The number of amides is 1. The molecule has 1 heterocycles. The molecule has 0 fully saturated rings. The van der Waals surface area contributed by atoms with Crippen molar-refractivity contribution in [1.29, 1.82) is 0 Å². The Morgan fingerprint density at radius 1 is 1.24 bits per heavy atom. The lowest BCUT2D eigenvalue weighted by molar-refractivity contribution is -0.116. The minimum absolute atomic E-state index is 0.0827. The van der Waals surface area contributed by atoms with Crippen LogP contribution in [-0.4, -0.2) is 24.2 Å². The van der Waals surface area contributed by atoms with Crippen LogP contribution in [0.15, 0.2) is 42.5 Å². The monoisotopic (exact) mass is 321 g/mol. The third-order valence-corrected chi connectivity index (χ3v) is 4.14. The Hall–Kier alpha value is -1.62. The molecule has 5 heteroatoms. The van der Waals surface area contributed by atoms with Crippen molar-refractivity contribution >= 4 is 34.9 Å².